The van der Waals surface area contributed by atoms with Crippen LogP contribution in [0.15, 0.2) is 47.3 Å². The summed E-state index contributed by atoms with van der Waals surface area (Å²) < 4.78 is 7.28. The minimum absolute atomic E-state index is 0.0872. The van der Waals surface area contributed by atoms with Gasteiger partial charge in [-0.3, -0.25) is 14.5 Å². The number of hydrogen-bond acceptors (Lipinski definition) is 7. The molecule has 0 radical (unpaired) electrons. The summed E-state index contributed by atoms with van der Waals surface area (Å²) in [7, 11) is 1.84. The molecule has 5 rings (SSSR count). The van der Waals surface area contributed by atoms with Gasteiger partial charge in [-0.25, -0.2) is 4.98 Å². The largest absolute Gasteiger partial charge is 0.448 e. The molecule has 1 aliphatic rings. The molecule has 0 atom stereocenters. The van der Waals surface area contributed by atoms with Gasteiger partial charge in [-0.05, 0) is 43.5 Å². The van der Waals surface area contributed by atoms with Gasteiger partial charge in [0.2, 0.25) is 0 Å². The highest BCUT2D eigenvalue weighted by molar-refractivity contribution is 5.96. The summed E-state index contributed by atoms with van der Waals surface area (Å²) in [5.41, 5.74) is 2.86. The maximum Gasteiger partial charge on any atom is 0.197 e. The average Bonchev–Trinajstić information content (AvgIpc) is 3.43. The predicted molar refractivity (Wildman–Crippen MR) is 111 cm³/mol. The summed E-state index contributed by atoms with van der Waals surface area (Å²) >= 11 is 0. The molecular weight excluding hydrogens is 380 g/mol. The van der Waals surface area contributed by atoms with Crippen LogP contribution in [0, 0.1) is 0 Å². The SMILES string of the molecule is Cn1cc(-c2ccc3cnc(CC(=O)c4coc(C5CCNCC5)n4)cc3c2)nn1. The molecule has 0 saturated carbocycles. The zero-order valence-electron chi connectivity index (χ0n) is 16.7. The molecule has 1 saturated heterocycles. The summed E-state index contributed by atoms with van der Waals surface area (Å²) in [5.74, 6) is 0.863. The monoisotopic (exact) mass is 402 g/mol. The Morgan fingerprint density at radius 2 is 2.10 bits per heavy atom. The average molecular weight is 402 g/mol. The quantitative estimate of drug-likeness (QED) is 0.513. The molecule has 0 aliphatic carbocycles. The highest BCUT2D eigenvalue weighted by atomic mass is 16.3. The van der Waals surface area contributed by atoms with E-state index in [9.17, 15) is 4.79 Å². The summed E-state index contributed by atoms with van der Waals surface area (Å²) in [6.45, 7) is 1.90. The van der Waals surface area contributed by atoms with Crippen molar-refractivity contribution < 1.29 is 9.21 Å². The molecule has 0 spiro atoms. The molecule has 8 heteroatoms. The van der Waals surface area contributed by atoms with E-state index in [1.807, 2.05) is 37.5 Å². The number of aromatic nitrogens is 5. The molecule has 152 valence electrons. The Balaban J connectivity index is 1.35. The van der Waals surface area contributed by atoms with Gasteiger partial charge in [-0.1, -0.05) is 17.3 Å². The van der Waals surface area contributed by atoms with Crippen LogP contribution < -0.4 is 5.32 Å². The lowest BCUT2D eigenvalue weighted by Gasteiger charge is -2.19. The van der Waals surface area contributed by atoms with E-state index >= 15 is 0 Å². The molecule has 4 heterocycles. The third-order valence-corrected chi connectivity index (χ3v) is 5.51. The van der Waals surface area contributed by atoms with E-state index in [-0.39, 0.29) is 18.1 Å². The normalized spacial score (nSPS) is 15.0. The first-order valence-electron chi connectivity index (χ1n) is 10.1. The fourth-order valence-electron chi connectivity index (χ4n) is 3.85. The minimum Gasteiger partial charge on any atom is -0.448 e. The zero-order valence-corrected chi connectivity index (χ0v) is 16.7. The molecule has 8 nitrogen and oxygen atoms in total. The lowest BCUT2D eigenvalue weighted by molar-refractivity contribution is 0.0987. The second-order valence-electron chi connectivity index (χ2n) is 7.71. The van der Waals surface area contributed by atoms with Crippen molar-refractivity contribution >= 4 is 16.6 Å². The summed E-state index contributed by atoms with van der Waals surface area (Å²) in [5, 5.41) is 13.5. The van der Waals surface area contributed by atoms with Gasteiger partial charge in [0.15, 0.2) is 11.7 Å². The molecule has 1 fully saturated rings. The lowest BCUT2D eigenvalue weighted by Crippen LogP contribution is -2.26. The van der Waals surface area contributed by atoms with Crippen LogP contribution in [-0.4, -0.2) is 43.8 Å². The molecule has 4 aromatic rings. The molecule has 1 N–H and O–H groups in total. The topological polar surface area (TPSA) is 98.7 Å². The van der Waals surface area contributed by atoms with E-state index in [0.717, 1.165) is 48.0 Å². The zero-order chi connectivity index (χ0) is 20.5. The first-order chi connectivity index (χ1) is 14.7. The number of hydrogen-bond donors (Lipinski definition) is 1. The van der Waals surface area contributed by atoms with Gasteiger partial charge in [0.1, 0.15) is 17.7 Å². The smallest absolute Gasteiger partial charge is 0.197 e. The highest BCUT2D eigenvalue weighted by Gasteiger charge is 2.22. The number of nitrogens with zero attached hydrogens (tertiary/aromatic N) is 5. The molecular formula is C22H22N6O2. The third-order valence-electron chi connectivity index (χ3n) is 5.51. The second kappa shape index (κ2) is 7.79. The molecule has 3 aromatic heterocycles. The highest BCUT2D eigenvalue weighted by Crippen LogP contribution is 2.25. The van der Waals surface area contributed by atoms with Gasteiger partial charge in [0.25, 0.3) is 0 Å². The first-order valence-corrected chi connectivity index (χ1v) is 10.1. The van der Waals surface area contributed by atoms with Gasteiger partial charge in [-0.15, -0.1) is 5.10 Å². The maximum absolute atomic E-state index is 12.7. The Bertz CT molecular complexity index is 1210. The van der Waals surface area contributed by atoms with E-state index in [2.05, 4.69) is 25.6 Å². The summed E-state index contributed by atoms with van der Waals surface area (Å²) in [4.78, 5) is 21.7. The van der Waals surface area contributed by atoms with Crippen LogP contribution >= 0.6 is 0 Å². The van der Waals surface area contributed by atoms with Crippen LogP contribution in [0.1, 0.15) is 40.8 Å². The van der Waals surface area contributed by atoms with Crippen LogP contribution in [0.3, 0.4) is 0 Å². The second-order valence-corrected chi connectivity index (χ2v) is 7.71. The first kappa shape index (κ1) is 18.6. The summed E-state index contributed by atoms with van der Waals surface area (Å²) in [6.07, 6.45) is 7.29. The molecule has 0 bridgehead atoms. The maximum atomic E-state index is 12.7. The lowest BCUT2D eigenvalue weighted by atomic mass is 9.98. The number of carbonyl (C=O) groups is 1. The molecule has 0 unspecified atom stereocenters. The third kappa shape index (κ3) is 3.73. The Morgan fingerprint density at radius 1 is 1.23 bits per heavy atom. The van der Waals surface area contributed by atoms with Crippen molar-refractivity contribution in [1.29, 1.82) is 0 Å². The Kier molecular flexibility index (Phi) is 4.84. The van der Waals surface area contributed by atoms with Crippen molar-refractivity contribution in [3.8, 4) is 11.3 Å². The van der Waals surface area contributed by atoms with Gasteiger partial charge < -0.3 is 9.73 Å². The van der Waals surface area contributed by atoms with Crippen molar-refractivity contribution in [3.05, 3.63) is 60.2 Å². The minimum atomic E-state index is -0.0872. The number of ketones is 1. The van der Waals surface area contributed by atoms with E-state index in [1.165, 1.54) is 6.26 Å². The van der Waals surface area contributed by atoms with E-state index < -0.39 is 0 Å². The van der Waals surface area contributed by atoms with E-state index in [0.29, 0.717) is 17.3 Å². The van der Waals surface area contributed by atoms with Crippen LogP contribution in [0.25, 0.3) is 22.0 Å². The van der Waals surface area contributed by atoms with Crippen molar-refractivity contribution in [2.45, 2.75) is 25.2 Å². The molecule has 1 aromatic carbocycles. The number of benzene rings is 1. The Hall–Kier alpha value is -3.39. The predicted octanol–water partition coefficient (Wildman–Crippen LogP) is 2.91. The number of aryl methyl sites for hydroxylation is 1. The van der Waals surface area contributed by atoms with Crippen LogP contribution in [0.5, 0.6) is 0 Å². The van der Waals surface area contributed by atoms with E-state index in [4.69, 9.17) is 4.42 Å². The van der Waals surface area contributed by atoms with Crippen LogP contribution in [0.2, 0.25) is 0 Å². The number of nitrogens with one attached hydrogen (secondary N) is 1. The van der Waals surface area contributed by atoms with Gasteiger partial charge >= 0.3 is 0 Å². The van der Waals surface area contributed by atoms with Crippen molar-refractivity contribution in [2.24, 2.45) is 7.05 Å². The number of pyridine rings is 1. The Labute approximate surface area is 173 Å². The fourth-order valence-corrected chi connectivity index (χ4v) is 3.85. The number of rotatable bonds is 5. The van der Waals surface area contributed by atoms with Crippen molar-refractivity contribution in [1.82, 2.24) is 30.3 Å². The summed E-state index contributed by atoms with van der Waals surface area (Å²) in [6, 6.07) is 7.98. The molecule has 30 heavy (non-hydrogen) atoms. The van der Waals surface area contributed by atoms with Crippen LogP contribution in [-0.2, 0) is 13.5 Å². The van der Waals surface area contributed by atoms with Crippen molar-refractivity contribution in [2.75, 3.05) is 13.1 Å². The van der Waals surface area contributed by atoms with Gasteiger partial charge in [-0.2, -0.15) is 0 Å². The number of carbonyl (C=O) groups excluding carboxylic acids is 1. The molecule has 1 aliphatic heterocycles. The van der Waals surface area contributed by atoms with Crippen LogP contribution in [0.4, 0.5) is 0 Å². The molecule has 0 amide bonds. The Morgan fingerprint density at radius 3 is 2.90 bits per heavy atom. The van der Waals surface area contributed by atoms with E-state index in [1.54, 1.807) is 10.9 Å². The number of piperidine rings is 1. The number of fused-ring (bicyclic) bond motifs is 1. The standard InChI is InChI=1S/C22H22N6O2/c1-28-12-19(26-27-28)15-2-3-16-11-24-18(9-17(16)8-15)10-21(29)20-13-30-22(25-20)14-4-6-23-7-5-14/h2-3,8-9,11-14,23H,4-7,10H2,1H3. The van der Waals surface area contributed by atoms with Crippen molar-refractivity contribution in [3.63, 3.8) is 0 Å². The number of Topliss-reactive ketones (excluding diaryl/α,β-unsaturated/α-hetero) is 1. The van der Waals surface area contributed by atoms with Gasteiger partial charge in [0.05, 0.1) is 12.6 Å². The van der Waals surface area contributed by atoms with Gasteiger partial charge in [0, 0.05) is 35.8 Å². The fraction of sp³-hybridized carbons (Fsp3) is 0.318. The number of oxazole rings is 1.